The molecule has 0 fully saturated rings. The summed E-state index contributed by atoms with van der Waals surface area (Å²) < 4.78 is 24.8. The van der Waals surface area contributed by atoms with Gasteiger partial charge in [0.05, 0.1) is 18.2 Å². The zero-order chi connectivity index (χ0) is 20.1. The summed E-state index contributed by atoms with van der Waals surface area (Å²) in [6.07, 6.45) is 0. The number of halogens is 1. The number of carbonyl (C=O) groups is 2. The highest BCUT2D eigenvalue weighted by Crippen LogP contribution is 2.34. The largest absolute Gasteiger partial charge is 0.486 e. The van der Waals surface area contributed by atoms with Crippen molar-refractivity contribution in [2.75, 3.05) is 19.8 Å². The Balaban J connectivity index is 1.63. The molecule has 28 heavy (non-hydrogen) atoms. The maximum atomic E-state index is 13.7. The van der Waals surface area contributed by atoms with E-state index in [0.717, 1.165) is 5.56 Å². The maximum absolute atomic E-state index is 13.7. The van der Waals surface area contributed by atoms with Crippen molar-refractivity contribution in [3.8, 4) is 11.5 Å². The molecule has 1 atom stereocenters. The van der Waals surface area contributed by atoms with Gasteiger partial charge < -0.3 is 20.1 Å². The van der Waals surface area contributed by atoms with Gasteiger partial charge in [0, 0.05) is 0 Å². The molecule has 1 aliphatic heterocycles. The average molecular weight is 386 g/mol. The van der Waals surface area contributed by atoms with Crippen LogP contribution in [0.15, 0.2) is 42.5 Å². The van der Waals surface area contributed by atoms with E-state index in [0.29, 0.717) is 24.7 Å². The Bertz CT molecular complexity index is 869. The lowest BCUT2D eigenvalue weighted by Crippen LogP contribution is -2.40. The Morgan fingerprint density at radius 3 is 2.50 bits per heavy atom. The molecule has 2 aromatic rings. The molecule has 1 aliphatic rings. The molecule has 0 bridgehead atoms. The number of carbonyl (C=O) groups excluding carboxylic acids is 2. The number of amides is 2. The van der Waals surface area contributed by atoms with Crippen molar-refractivity contribution in [3.63, 3.8) is 0 Å². The number of hydrogen-bond donors (Lipinski definition) is 2. The second-order valence-electron chi connectivity index (χ2n) is 6.85. The molecule has 148 valence electrons. The summed E-state index contributed by atoms with van der Waals surface area (Å²) in [5.74, 6) is -0.185. The molecule has 0 spiro atoms. The number of rotatable bonds is 6. The third kappa shape index (κ3) is 4.60. The predicted octanol–water partition coefficient (Wildman–Crippen LogP) is 2.84. The van der Waals surface area contributed by atoms with Crippen molar-refractivity contribution in [3.05, 3.63) is 59.4 Å². The molecule has 2 amide bonds. The molecule has 1 unspecified atom stereocenters. The second kappa shape index (κ2) is 8.73. The summed E-state index contributed by atoms with van der Waals surface area (Å²) in [5, 5.41) is 5.37. The molecule has 2 N–H and O–H groups in total. The van der Waals surface area contributed by atoms with Crippen molar-refractivity contribution in [2.45, 2.75) is 19.9 Å². The van der Waals surface area contributed by atoms with E-state index in [1.165, 1.54) is 18.2 Å². The first-order chi connectivity index (χ1) is 13.5. The van der Waals surface area contributed by atoms with Crippen molar-refractivity contribution >= 4 is 11.8 Å². The van der Waals surface area contributed by atoms with Gasteiger partial charge in [0.15, 0.2) is 11.5 Å². The van der Waals surface area contributed by atoms with Gasteiger partial charge in [-0.25, -0.2) is 4.39 Å². The number of ether oxygens (including phenoxy) is 2. The molecular formula is C21H23FN2O4. The molecule has 0 aromatic heterocycles. The van der Waals surface area contributed by atoms with E-state index in [1.807, 2.05) is 32.0 Å². The van der Waals surface area contributed by atoms with Crippen LogP contribution < -0.4 is 20.1 Å². The first-order valence-corrected chi connectivity index (χ1v) is 9.17. The average Bonchev–Trinajstić information content (AvgIpc) is 2.70. The van der Waals surface area contributed by atoms with Gasteiger partial charge in [-0.1, -0.05) is 32.0 Å². The molecule has 0 saturated carbocycles. The third-order valence-electron chi connectivity index (χ3n) is 4.44. The molecule has 3 rings (SSSR count). The minimum absolute atomic E-state index is 0.0949. The summed E-state index contributed by atoms with van der Waals surface area (Å²) in [7, 11) is 0. The van der Waals surface area contributed by atoms with Gasteiger partial charge in [-0.2, -0.15) is 0 Å². The minimum atomic E-state index is -0.631. The lowest BCUT2D eigenvalue weighted by atomic mass is 9.95. The van der Waals surface area contributed by atoms with Gasteiger partial charge in [0.1, 0.15) is 19.0 Å². The van der Waals surface area contributed by atoms with Gasteiger partial charge >= 0.3 is 0 Å². The van der Waals surface area contributed by atoms with Gasteiger partial charge in [-0.05, 0) is 35.7 Å². The highest BCUT2D eigenvalue weighted by atomic mass is 19.1. The third-order valence-corrected chi connectivity index (χ3v) is 4.44. The zero-order valence-corrected chi connectivity index (χ0v) is 15.8. The number of fused-ring (bicyclic) bond motifs is 1. The van der Waals surface area contributed by atoms with Crippen molar-refractivity contribution < 1.29 is 23.5 Å². The lowest BCUT2D eigenvalue weighted by molar-refractivity contribution is -0.121. The minimum Gasteiger partial charge on any atom is -0.486 e. The van der Waals surface area contributed by atoms with Crippen LogP contribution in [0.2, 0.25) is 0 Å². The van der Waals surface area contributed by atoms with Crippen LogP contribution in [0.4, 0.5) is 4.39 Å². The van der Waals surface area contributed by atoms with E-state index >= 15 is 0 Å². The van der Waals surface area contributed by atoms with Gasteiger partial charge in [0.2, 0.25) is 5.91 Å². The Kier molecular flexibility index (Phi) is 6.13. The number of hydrogen-bond acceptors (Lipinski definition) is 4. The van der Waals surface area contributed by atoms with Crippen LogP contribution in [0.1, 0.15) is 35.8 Å². The van der Waals surface area contributed by atoms with E-state index < -0.39 is 11.7 Å². The van der Waals surface area contributed by atoms with E-state index in [-0.39, 0.29) is 30.0 Å². The SMILES string of the molecule is CC(C)C(NC(=O)CNC(=O)c1ccccc1F)c1ccc2c(c1)OCCO2. The zero-order valence-electron chi connectivity index (χ0n) is 15.8. The first-order valence-electron chi connectivity index (χ1n) is 9.17. The molecule has 7 heteroatoms. The van der Waals surface area contributed by atoms with Crippen LogP contribution in [0.5, 0.6) is 11.5 Å². The Morgan fingerprint density at radius 1 is 1.07 bits per heavy atom. The maximum Gasteiger partial charge on any atom is 0.254 e. The number of nitrogens with one attached hydrogen (secondary N) is 2. The van der Waals surface area contributed by atoms with E-state index in [4.69, 9.17) is 9.47 Å². The second-order valence-corrected chi connectivity index (χ2v) is 6.85. The number of benzene rings is 2. The van der Waals surface area contributed by atoms with E-state index in [9.17, 15) is 14.0 Å². The molecule has 6 nitrogen and oxygen atoms in total. The lowest BCUT2D eigenvalue weighted by Gasteiger charge is -2.25. The Hall–Kier alpha value is -3.09. The Labute approximate surface area is 163 Å². The molecule has 0 radical (unpaired) electrons. The summed E-state index contributed by atoms with van der Waals surface area (Å²) in [6.45, 7) is 4.72. The van der Waals surface area contributed by atoms with Crippen LogP contribution >= 0.6 is 0 Å². The Morgan fingerprint density at radius 2 is 1.79 bits per heavy atom. The fourth-order valence-electron chi connectivity index (χ4n) is 3.01. The summed E-state index contributed by atoms with van der Waals surface area (Å²) >= 11 is 0. The fraction of sp³-hybridized carbons (Fsp3) is 0.333. The molecule has 0 saturated heterocycles. The van der Waals surface area contributed by atoms with E-state index in [2.05, 4.69) is 10.6 Å². The smallest absolute Gasteiger partial charge is 0.254 e. The fourth-order valence-corrected chi connectivity index (χ4v) is 3.01. The van der Waals surface area contributed by atoms with Gasteiger partial charge in [0.25, 0.3) is 5.91 Å². The van der Waals surface area contributed by atoms with Crippen LogP contribution in [0.3, 0.4) is 0 Å². The van der Waals surface area contributed by atoms with Crippen molar-refractivity contribution in [1.29, 1.82) is 0 Å². The monoisotopic (exact) mass is 386 g/mol. The van der Waals surface area contributed by atoms with Crippen LogP contribution in [-0.2, 0) is 4.79 Å². The van der Waals surface area contributed by atoms with Gasteiger partial charge in [-0.3, -0.25) is 9.59 Å². The van der Waals surface area contributed by atoms with Crippen LogP contribution in [0, 0.1) is 11.7 Å². The highest BCUT2D eigenvalue weighted by molar-refractivity contribution is 5.96. The van der Waals surface area contributed by atoms with Crippen LogP contribution in [0.25, 0.3) is 0 Å². The molecule has 1 heterocycles. The summed E-state index contributed by atoms with van der Waals surface area (Å²) in [6, 6.07) is 10.9. The summed E-state index contributed by atoms with van der Waals surface area (Å²) in [5.41, 5.74) is 0.788. The van der Waals surface area contributed by atoms with Gasteiger partial charge in [-0.15, -0.1) is 0 Å². The standard InChI is InChI=1S/C21H23FN2O4/c1-13(2)20(14-7-8-17-18(11-14)28-10-9-27-17)24-19(25)12-23-21(26)15-5-3-4-6-16(15)22/h3-8,11,13,20H,9-10,12H2,1-2H3,(H,23,26)(H,24,25). The topological polar surface area (TPSA) is 76.7 Å². The van der Waals surface area contributed by atoms with E-state index in [1.54, 1.807) is 6.07 Å². The molecule has 2 aromatic carbocycles. The summed E-state index contributed by atoms with van der Waals surface area (Å²) in [4.78, 5) is 24.4. The highest BCUT2D eigenvalue weighted by Gasteiger charge is 2.22. The molecule has 0 aliphatic carbocycles. The van der Waals surface area contributed by atoms with Crippen molar-refractivity contribution in [2.24, 2.45) is 5.92 Å². The first kappa shape index (κ1) is 19.7. The predicted molar refractivity (Wildman–Crippen MR) is 102 cm³/mol. The quantitative estimate of drug-likeness (QED) is 0.800. The van der Waals surface area contributed by atoms with Crippen LogP contribution in [-0.4, -0.2) is 31.6 Å². The molecular weight excluding hydrogens is 363 g/mol. The van der Waals surface area contributed by atoms with Crippen molar-refractivity contribution in [1.82, 2.24) is 10.6 Å². The normalized spacial score (nSPS) is 13.7.